The van der Waals surface area contributed by atoms with Crippen LogP contribution < -0.4 is 5.32 Å². The van der Waals surface area contributed by atoms with Gasteiger partial charge in [-0.05, 0) is 30.4 Å². The predicted octanol–water partition coefficient (Wildman–Crippen LogP) is 3.85. The minimum absolute atomic E-state index is 0.0162. The van der Waals surface area contributed by atoms with Crippen molar-refractivity contribution in [1.82, 2.24) is 10.2 Å². The Kier molecular flexibility index (Phi) is 7.82. The largest absolute Gasteiger partial charge is 0.376 e. The van der Waals surface area contributed by atoms with Crippen molar-refractivity contribution in [2.24, 2.45) is 0 Å². The Morgan fingerprint density at radius 1 is 1.10 bits per heavy atom. The number of benzene rings is 2. The maximum atomic E-state index is 13.3. The minimum atomic E-state index is -0.670. The molecule has 2 aromatic carbocycles. The second-order valence-corrected chi connectivity index (χ2v) is 7.45. The molecule has 1 N–H and O–H groups in total. The molecule has 1 saturated heterocycles. The van der Waals surface area contributed by atoms with E-state index >= 15 is 0 Å². The highest BCUT2D eigenvalue weighted by Crippen LogP contribution is 2.25. The quantitative estimate of drug-likeness (QED) is 0.703. The summed E-state index contributed by atoms with van der Waals surface area (Å²) in [5, 5.41) is 3.03. The van der Waals surface area contributed by atoms with E-state index in [-0.39, 0.29) is 17.9 Å². The molecule has 0 aliphatic carbocycles. The molecular formula is C24H30N2O3. The SMILES string of the molecule is CCCC(=O)N(Cc1ccccc1)[C@H](C(=O)NC[C@H]1CCCO1)c1ccccc1. The van der Waals surface area contributed by atoms with E-state index in [1.807, 2.05) is 67.6 Å². The molecule has 0 bridgehead atoms. The third-order valence-corrected chi connectivity index (χ3v) is 5.18. The first-order valence-corrected chi connectivity index (χ1v) is 10.5. The summed E-state index contributed by atoms with van der Waals surface area (Å²) in [6, 6.07) is 18.7. The number of amides is 2. The van der Waals surface area contributed by atoms with Crippen molar-refractivity contribution in [2.45, 2.75) is 51.3 Å². The van der Waals surface area contributed by atoms with E-state index in [1.165, 1.54) is 0 Å². The van der Waals surface area contributed by atoms with Crippen LogP contribution in [0.15, 0.2) is 60.7 Å². The van der Waals surface area contributed by atoms with E-state index < -0.39 is 6.04 Å². The summed E-state index contributed by atoms with van der Waals surface area (Å²) >= 11 is 0. The summed E-state index contributed by atoms with van der Waals surface area (Å²) < 4.78 is 5.64. The van der Waals surface area contributed by atoms with Gasteiger partial charge in [0.2, 0.25) is 11.8 Å². The van der Waals surface area contributed by atoms with E-state index in [2.05, 4.69) is 5.32 Å². The number of nitrogens with zero attached hydrogens (tertiary/aromatic N) is 1. The smallest absolute Gasteiger partial charge is 0.247 e. The molecule has 0 unspecified atom stereocenters. The Bertz CT molecular complexity index is 773. The Labute approximate surface area is 173 Å². The van der Waals surface area contributed by atoms with Crippen LogP contribution in [-0.2, 0) is 20.9 Å². The van der Waals surface area contributed by atoms with Gasteiger partial charge in [0.25, 0.3) is 0 Å². The molecule has 29 heavy (non-hydrogen) atoms. The Balaban J connectivity index is 1.86. The Morgan fingerprint density at radius 3 is 2.41 bits per heavy atom. The number of hydrogen-bond donors (Lipinski definition) is 1. The lowest BCUT2D eigenvalue weighted by molar-refractivity contribution is -0.141. The van der Waals surface area contributed by atoms with Crippen molar-refractivity contribution < 1.29 is 14.3 Å². The summed E-state index contributed by atoms with van der Waals surface area (Å²) in [7, 11) is 0. The van der Waals surface area contributed by atoms with Crippen molar-refractivity contribution in [1.29, 1.82) is 0 Å². The molecule has 1 aliphatic heterocycles. The van der Waals surface area contributed by atoms with Gasteiger partial charge in [0, 0.05) is 26.1 Å². The molecule has 0 radical (unpaired) electrons. The molecule has 2 aromatic rings. The molecule has 0 aromatic heterocycles. The van der Waals surface area contributed by atoms with Crippen LogP contribution in [0.4, 0.5) is 0 Å². The average molecular weight is 395 g/mol. The average Bonchev–Trinajstić information content (AvgIpc) is 3.27. The van der Waals surface area contributed by atoms with Crippen molar-refractivity contribution >= 4 is 11.8 Å². The van der Waals surface area contributed by atoms with Crippen molar-refractivity contribution in [3.63, 3.8) is 0 Å². The zero-order valence-corrected chi connectivity index (χ0v) is 17.0. The standard InChI is InChI=1S/C24H30N2O3/c1-2-10-22(27)26(18-19-11-5-3-6-12-19)23(20-13-7-4-8-14-20)24(28)25-17-21-15-9-16-29-21/h3-8,11-14,21,23H,2,9-10,15-18H2,1H3,(H,25,28)/t21-,23+/m1/s1. The first kappa shape index (κ1) is 21.1. The van der Waals surface area contributed by atoms with Crippen molar-refractivity contribution in [3.05, 3.63) is 71.8 Å². The van der Waals surface area contributed by atoms with Crippen molar-refractivity contribution in [2.75, 3.05) is 13.2 Å². The summed E-state index contributed by atoms with van der Waals surface area (Å²) in [5.74, 6) is -0.176. The zero-order valence-electron chi connectivity index (χ0n) is 17.0. The van der Waals surface area contributed by atoms with Gasteiger partial charge in [-0.25, -0.2) is 0 Å². The number of hydrogen-bond acceptors (Lipinski definition) is 3. The Hall–Kier alpha value is -2.66. The van der Waals surface area contributed by atoms with E-state index in [4.69, 9.17) is 4.74 Å². The second-order valence-electron chi connectivity index (χ2n) is 7.45. The predicted molar refractivity (Wildman–Crippen MR) is 113 cm³/mol. The van der Waals surface area contributed by atoms with Crippen LogP contribution in [0.3, 0.4) is 0 Å². The maximum Gasteiger partial charge on any atom is 0.247 e. The van der Waals surface area contributed by atoms with Crippen LogP contribution >= 0.6 is 0 Å². The highest BCUT2D eigenvalue weighted by Gasteiger charge is 2.31. The molecular weight excluding hydrogens is 364 g/mol. The maximum absolute atomic E-state index is 13.3. The fourth-order valence-corrected chi connectivity index (χ4v) is 3.69. The van der Waals surface area contributed by atoms with Gasteiger partial charge < -0.3 is 15.0 Å². The lowest BCUT2D eigenvalue weighted by Gasteiger charge is -2.32. The third kappa shape index (κ3) is 5.91. The lowest BCUT2D eigenvalue weighted by atomic mass is 10.0. The van der Waals surface area contributed by atoms with E-state index in [0.717, 1.165) is 37.0 Å². The monoisotopic (exact) mass is 394 g/mol. The molecule has 1 aliphatic rings. The summed E-state index contributed by atoms with van der Waals surface area (Å²) in [6.45, 7) is 3.60. The van der Waals surface area contributed by atoms with Gasteiger partial charge in [-0.2, -0.15) is 0 Å². The summed E-state index contributed by atoms with van der Waals surface area (Å²) in [6.07, 6.45) is 3.19. The molecule has 2 amide bonds. The number of carbonyl (C=O) groups is 2. The molecule has 5 nitrogen and oxygen atoms in total. The van der Waals surface area contributed by atoms with Gasteiger partial charge in [-0.1, -0.05) is 67.6 Å². The van der Waals surface area contributed by atoms with Crippen LogP contribution in [-0.4, -0.2) is 36.0 Å². The molecule has 1 heterocycles. The van der Waals surface area contributed by atoms with Crippen LogP contribution in [0, 0.1) is 0 Å². The summed E-state index contributed by atoms with van der Waals surface area (Å²) in [4.78, 5) is 28.0. The fraction of sp³-hybridized carbons (Fsp3) is 0.417. The van der Waals surface area contributed by atoms with E-state index in [9.17, 15) is 9.59 Å². The molecule has 1 fully saturated rings. The number of ether oxygens (including phenoxy) is 1. The Morgan fingerprint density at radius 2 is 1.79 bits per heavy atom. The zero-order chi connectivity index (χ0) is 20.5. The van der Waals surface area contributed by atoms with Gasteiger partial charge >= 0.3 is 0 Å². The first-order chi connectivity index (χ1) is 14.2. The van der Waals surface area contributed by atoms with Crippen LogP contribution in [0.2, 0.25) is 0 Å². The number of rotatable bonds is 9. The fourth-order valence-electron chi connectivity index (χ4n) is 3.69. The van der Waals surface area contributed by atoms with Crippen molar-refractivity contribution in [3.8, 4) is 0 Å². The molecule has 0 saturated carbocycles. The second kappa shape index (κ2) is 10.8. The third-order valence-electron chi connectivity index (χ3n) is 5.18. The first-order valence-electron chi connectivity index (χ1n) is 10.5. The topological polar surface area (TPSA) is 58.6 Å². The normalized spacial score (nSPS) is 16.9. The van der Waals surface area contributed by atoms with Crippen LogP contribution in [0.5, 0.6) is 0 Å². The minimum Gasteiger partial charge on any atom is -0.376 e. The van der Waals surface area contributed by atoms with Gasteiger partial charge in [0.15, 0.2) is 0 Å². The van der Waals surface area contributed by atoms with Crippen LogP contribution in [0.1, 0.15) is 49.8 Å². The van der Waals surface area contributed by atoms with Gasteiger partial charge in [-0.3, -0.25) is 9.59 Å². The molecule has 2 atom stereocenters. The highest BCUT2D eigenvalue weighted by atomic mass is 16.5. The van der Waals surface area contributed by atoms with Gasteiger partial charge in [0.1, 0.15) is 6.04 Å². The number of carbonyl (C=O) groups excluding carboxylic acids is 2. The number of nitrogens with one attached hydrogen (secondary N) is 1. The highest BCUT2D eigenvalue weighted by molar-refractivity contribution is 5.88. The van der Waals surface area contributed by atoms with Gasteiger partial charge in [-0.15, -0.1) is 0 Å². The van der Waals surface area contributed by atoms with E-state index in [0.29, 0.717) is 19.5 Å². The lowest BCUT2D eigenvalue weighted by Crippen LogP contribution is -2.45. The molecule has 0 spiro atoms. The molecule has 3 rings (SSSR count). The molecule has 154 valence electrons. The van der Waals surface area contributed by atoms with E-state index in [1.54, 1.807) is 4.90 Å². The van der Waals surface area contributed by atoms with Crippen LogP contribution in [0.25, 0.3) is 0 Å². The van der Waals surface area contributed by atoms with Gasteiger partial charge in [0.05, 0.1) is 6.10 Å². The summed E-state index contributed by atoms with van der Waals surface area (Å²) in [5.41, 5.74) is 1.82. The molecule has 5 heteroatoms.